The molecule has 1 aromatic carbocycles. The van der Waals surface area contributed by atoms with Gasteiger partial charge in [-0.3, -0.25) is 4.90 Å². The normalized spacial score (nSPS) is 22.3. The number of hydrogen-bond donors (Lipinski definition) is 1. The maximum absolute atomic E-state index is 13.1. The first-order valence-corrected chi connectivity index (χ1v) is 11.8. The number of carbonyl (C=O) groups excluding carboxylic acids is 1. The number of nitrogens with one attached hydrogen (secondary N) is 1. The molecule has 190 valence electrons. The second-order valence-corrected chi connectivity index (χ2v) is 9.40. The fourth-order valence-corrected chi connectivity index (χ4v) is 4.65. The third-order valence-corrected chi connectivity index (χ3v) is 6.70. The molecule has 2 fully saturated rings. The molecular weight excluding hydrogens is 464 g/mol. The summed E-state index contributed by atoms with van der Waals surface area (Å²) in [6.45, 7) is 7.09. The summed E-state index contributed by atoms with van der Waals surface area (Å²) in [6, 6.07) is 6.16. The number of rotatable bonds is 4. The van der Waals surface area contributed by atoms with Crippen LogP contribution < -0.4 is 10.2 Å². The summed E-state index contributed by atoms with van der Waals surface area (Å²) in [5.41, 5.74) is 0.176. The summed E-state index contributed by atoms with van der Waals surface area (Å²) in [6.07, 6.45) is -1.24. The molecule has 2 aliphatic rings. The lowest BCUT2D eigenvalue weighted by Gasteiger charge is -2.44. The average molecular weight is 495 g/mol. The van der Waals surface area contributed by atoms with E-state index in [2.05, 4.69) is 20.2 Å². The van der Waals surface area contributed by atoms with Crippen molar-refractivity contribution < 1.29 is 22.4 Å². The lowest BCUT2D eigenvalue weighted by atomic mass is 10.0. The number of aromatic nitrogens is 2. The van der Waals surface area contributed by atoms with E-state index in [1.165, 1.54) is 12.1 Å². The minimum Gasteiger partial charge on any atom is -0.335 e. The molecule has 7 nitrogen and oxygen atoms in total. The highest BCUT2D eigenvalue weighted by molar-refractivity contribution is 5.75. The summed E-state index contributed by atoms with van der Waals surface area (Å²) < 4.78 is 51.5. The first kappa shape index (κ1) is 25.2. The average Bonchev–Trinajstić information content (AvgIpc) is 2.82. The Labute approximate surface area is 202 Å². The zero-order valence-electron chi connectivity index (χ0n) is 19.8. The van der Waals surface area contributed by atoms with Crippen LogP contribution >= 0.6 is 0 Å². The zero-order valence-corrected chi connectivity index (χ0v) is 19.8. The molecule has 0 unspecified atom stereocenters. The largest absolute Gasteiger partial charge is 0.419 e. The van der Waals surface area contributed by atoms with E-state index in [4.69, 9.17) is 0 Å². The molecule has 11 heteroatoms. The van der Waals surface area contributed by atoms with Crippen molar-refractivity contribution in [1.29, 1.82) is 0 Å². The fourth-order valence-electron chi connectivity index (χ4n) is 4.65. The first-order valence-electron chi connectivity index (χ1n) is 11.8. The Balaban J connectivity index is 1.27. The Hall–Kier alpha value is -2.95. The van der Waals surface area contributed by atoms with Crippen molar-refractivity contribution in [1.82, 2.24) is 25.1 Å². The van der Waals surface area contributed by atoms with E-state index in [-0.39, 0.29) is 35.9 Å². The molecule has 0 bridgehead atoms. The highest BCUT2D eigenvalue weighted by Crippen LogP contribution is 2.29. The molecule has 3 heterocycles. The van der Waals surface area contributed by atoms with Gasteiger partial charge in [-0.05, 0) is 44.4 Å². The molecule has 0 aliphatic carbocycles. The second-order valence-electron chi connectivity index (χ2n) is 9.40. The minimum atomic E-state index is -4.48. The predicted octanol–water partition coefficient (Wildman–Crippen LogP) is 3.91. The van der Waals surface area contributed by atoms with Crippen molar-refractivity contribution in [2.45, 2.75) is 57.5 Å². The Bertz CT molecular complexity index is 993. The number of nitrogens with zero attached hydrogens (tertiary/aromatic N) is 5. The highest BCUT2D eigenvalue weighted by atomic mass is 19.4. The first-order chi connectivity index (χ1) is 16.6. The van der Waals surface area contributed by atoms with Crippen LogP contribution in [0.4, 0.5) is 28.3 Å². The second kappa shape index (κ2) is 10.3. The molecule has 0 spiro atoms. The number of hydrogen-bond acceptors (Lipinski definition) is 5. The van der Waals surface area contributed by atoms with E-state index in [1.54, 1.807) is 17.0 Å². The number of carbonyl (C=O) groups is 1. The van der Waals surface area contributed by atoms with Crippen LogP contribution in [0.15, 0.2) is 36.7 Å². The van der Waals surface area contributed by atoms with Crippen molar-refractivity contribution in [3.05, 3.63) is 53.6 Å². The van der Waals surface area contributed by atoms with Crippen molar-refractivity contribution in [3.8, 4) is 0 Å². The number of urea groups is 1. The van der Waals surface area contributed by atoms with Gasteiger partial charge in [0, 0.05) is 63.2 Å². The van der Waals surface area contributed by atoms with Crippen LogP contribution in [0.1, 0.15) is 37.8 Å². The number of likely N-dealkylation sites (tertiary alicyclic amines) is 1. The topological polar surface area (TPSA) is 64.6 Å². The van der Waals surface area contributed by atoms with Gasteiger partial charge in [0.1, 0.15) is 5.82 Å². The number of halogens is 4. The quantitative estimate of drug-likeness (QED) is 0.653. The SMILES string of the molecule is C[C@@H]1CN(c2ncc(C(F)(F)F)cn2)[C@@H](C)CN1C(=O)NC1CCN(Cc2ccc(F)cc2)CC1. The summed E-state index contributed by atoms with van der Waals surface area (Å²) in [5.74, 6) is -0.0163. The maximum Gasteiger partial charge on any atom is 0.419 e. The van der Waals surface area contributed by atoms with Gasteiger partial charge < -0.3 is 15.1 Å². The zero-order chi connectivity index (χ0) is 25.2. The lowest BCUT2D eigenvalue weighted by molar-refractivity contribution is -0.138. The molecule has 2 aliphatic heterocycles. The van der Waals surface area contributed by atoms with Gasteiger partial charge in [0.05, 0.1) is 5.56 Å². The van der Waals surface area contributed by atoms with Crippen molar-refractivity contribution in [2.75, 3.05) is 31.1 Å². The van der Waals surface area contributed by atoms with Gasteiger partial charge in [-0.15, -0.1) is 0 Å². The summed E-state index contributed by atoms with van der Waals surface area (Å²) in [4.78, 5) is 26.7. The third kappa shape index (κ3) is 6.19. The number of benzene rings is 1. The molecule has 2 saturated heterocycles. The van der Waals surface area contributed by atoms with Gasteiger partial charge in [-0.1, -0.05) is 12.1 Å². The summed E-state index contributed by atoms with van der Waals surface area (Å²) in [5, 5.41) is 3.15. The fraction of sp³-hybridized carbons (Fsp3) is 0.542. The molecular formula is C24H30F4N6O. The van der Waals surface area contributed by atoms with Gasteiger partial charge in [0.2, 0.25) is 5.95 Å². The molecule has 4 rings (SSSR count). The van der Waals surface area contributed by atoms with Gasteiger partial charge in [0.25, 0.3) is 0 Å². The maximum atomic E-state index is 13.1. The number of alkyl halides is 3. The molecule has 2 amide bonds. The Morgan fingerprint density at radius 1 is 1.03 bits per heavy atom. The Morgan fingerprint density at radius 2 is 1.66 bits per heavy atom. The van der Waals surface area contributed by atoms with Crippen LogP contribution in [0, 0.1) is 5.82 Å². The van der Waals surface area contributed by atoms with Gasteiger partial charge in [0.15, 0.2) is 0 Å². The smallest absolute Gasteiger partial charge is 0.335 e. The molecule has 2 atom stereocenters. The predicted molar refractivity (Wildman–Crippen MR) is 123 cm³/mol. The standard InChI is InChI=1S/C24H30F4N6O/c1-16-14-34(17(2)13-33(16)22-29-11-19(12-30-22)24(26,27)28)23(35)31-21-7-9-32(10-8-21)15-18-3-5-20(25)6-4-18/h3-6,11-12,16-17,21H,7-10,13-15H2,1-2H3,(H,31,35)/t16-,17+/m0/s1. The van der Waals surface area contributed by atoms with Crippen LogP contribution in [0.2, 0.25) is 0 Å². The number of piperidine rings is 1. The number of amides is 2. The lowest BCUT2D eigenvalue weighted by Crippen LogP contribution is -2.61. The van der Waals surface area contributed by atoms with E-state index in [9.17, 15) is 22.4 Å². The van der Waals surface area contributed by atoms with Crippen LogP contribution in [-0.4, -0.2) is 70.1 Å². The van der Waals surface area contributed by atoms with Crippen molar-refractivity contribution >= 4 is 12.0 Å². The van der Waals surface area contributed by atoms with E-state index < -0.39 is 11.7 Å². The van der Waals surface area contributed by atoms with Gasteiger partial charge in [-0.25, -0.2) is 19.2 Å². The van der Waals surface area contributed by atoms with E-state index in [0.717, 1.165) is 50.4 Å². The minimum absolute atomic E-state index is 0.0748. The molecule has 35 heavy (non-hydrogen) atoms. The van der Waals surface area contributed by atoms with Crippen LogP contribution in [0.5, 0.6) is 0 Å². The Morgan fingerprint density at radius 3 is 2.26 bits per heavy atom. The summed E-state index contributed by atoms with van der Waals surface area (Å²) >= 11 is 0. The van der Waals surface area contributed by atoms with Gasteiger partial charge in [-0.2, -0.15) is 13.2 Å². The Kier molecular flexibility index (Phi) is 7.44. The molecule has 1 aromatic heterocycles. The molecule has 2 aromatic rings. The number of anilines is 1. The third-order valence-electron chi connectivity index (χ3n) is 6.70. The summed E-state index contributed by atoms with van der Waals surface area (Å²) in [7, 11) is 0. The van der Waals surface area contributed by atoms with Crippen LogP contribution in [0.3, 0.4) is 0 Å². The van der Waals surface area contributed by atoms with E-state index >= 15 is 0 Å². The van der Waals surface area contributed by atoms with Crippen molar-refractivity contribution in [2.24, 2.45) is 0 Å². The van der Waals surface area contributed by atoms with Gasteiger partial charge >= 0.3 is 12.2 Å². The molecule has 0 radical (unpaired) electrons. The van der Waals surface area contributed by atoms with Crippen LogP contribution in [0.25, 0.3) is 0 Å². The van der Waals surface area contributed by atoms with E-state index in [1.807, 2.05) is 18.7 Å². The number of piperazine rings is 1. The molecule has 0 saturated carbocycles. The highest BCUT2D eigenvalue weighted by Gasteiger charge is 2.36. The monoisotopic (exact) mass is 494 g/mol. The van der Waals surface area contributed by atoms with Crippen LogP contribution in [-0.2, 0) is 12.7 Å². The van der Waals surface area contributed by atoms with Crippen molar-refractivity contribution in [3.63, 3.8) is 0 Å². The molecule has 1 N–H and O–H groups in total. The van der Waals surface area contributed by atoms with E-state index in [0.29, 0.717) is 13.1 Å².